The first-order valence-electron chi connectivity index (χ1n) is 6.44. The summed E-state index contributed by atoms with van der Waals surface area (Å²) in [5, 5.41) is 17.8. The molecule has 2 rings (SSSR count). The van der Waals surface area contributed by atoms with Crippen molar-refractivity contribution in [2.24, 2.45) is 0 Å². The van der Waals surface area contributed by atoms with Crippen molar-refractivity contribution in [2.45, 2.75) is 19.6 Å². The number of rotatable bonds is 5. The molecule has 3 N–H and O–H groups in total. The highest BCUT2D eigenvalue weighted by atomic mass is 35.5. The standard InChI is InChI=1S/C14H16ClN3O2S/c1-9(19)6-16-14(20)17-7-13-18-12(8-21-13)10-2-4-11(15)5-3-10/h2-5,8-9,19H,6-7H2,1H3,(H2,16,17,20). The van der Waals surface area contributed by atoms with E-state index in [1.54, 1.807) is 6.92 Å². The zero-order valence-electron chi connectivity index (χ0n) is 11.5. The van der Waals surface area contributed by atoms with Gasteiger partial charge < -0.3 is 15.7 Å². The van der Waals surface area contributed by atoms with Crippen molar-refractivity contribution in [3.63, 3.8) is 0 Å². The lowest BCUT2D eigenvalue weighted by atomic mass is 10.2. The molecular formula is C14H16ClN3O2S. The number of benzene rings is 1. The zero-order valence-corrected chi connectivity index (χ0v) is 13.0. The Labute approximate surface area is 132 Å². The minimum atomic E-state index is -0.563. The van der Waals surface area contributed by atoms with Gasteiger partial charge in [0.1, 0.15) is 5.01 Å². The van der Waals surface area contributed by atoms with Crippen LogP contribution in [0.4, 0.5) is 4.79 Å². The maximum absolute atomic E-state index is 11.5. The maximum Gasteiger partial charge on any atom is 0.315 e. The Morgan fingerprint density at radius 2 is 2.10 bits per heavy atom. The topological polar surface area (TPSA) is 74.2 Å². The van der Waals surface area contributed by atoms with Crippen molar-refractivity contribution in [1.29, 1.82) is 0 Å². The smallest absolute Gasteiger partial charge is 0.315 e. The van der Waals surface area contributed by atoms with Crippen molar-refractivity contribution in [3.8, 4) is 11.3 Å². The second-order valence-electron chi connectivity index (χ2n) is 4.55. The Morgan fingerprint density at radius 3 is 2.76 bits per heavy atom. The predicted molar refractivity (Wildman–Crippen MR) is 84.5 cm³/mol. The second-order valence-corrected chi connectivity index (χ2v) is 5.93. The average Bonchev–Trinajstić information content (AvgIpc) is 2.92. The number of thiazole rings is 1. The lowest BCUT2D eigenvalue weighted by Gasteiger charge is -2.07. The van der Waals surface area contributed by atoms with Gasteiger partial charge >= 0.3 is 6.03 Å². The van der Waals surface area contributed by atoms with E-state index in [2.05, 4.69) is 15.6 Å². The fourth-order valence-corrected chi connectivity index (χ4v) is 2.47. The van der Waals surface area contributed by atoms with E-state index >= 15 is 0 Å². The van der Waals surface area contributed by atoms with Crippen molar-refractivity contribution in [3.05, 3.63) is 39.7 Å². The van der Waals surface area contributed by atoms with Gasteiger partial charge in [-0.2, -0.15) is 0 Å². The van der Waals surface area contributed by atoms with E-state index in [-0.39, 0.29) is 12.6 Å². The van der Waals surface area contributed by atoms with Gasteiger partial charge in [-0.25, -0.2) is 9.78 Å². The number of carbonyl (C=O) groups is 1. The van der Waals surface area contributed by atoms with E-state index in [1.807, 2.05) is 29.6 Å². The van der Waals surface area contributed by atoms with Gasteiger partial charge in [-0.05, 0) is 19.1 Å². The fourth-order valence-electron chi connectivity index (χ4n) is 1.60. The third kappa shape index (κ3) is 5.00. The van der Waals surface area contributed by atoms with Crippen LogP contribution >= 0.6 is 22.9 Å². The molecule has 0 saturated heterocycles. The number of aromatic nitrogens is 1. The lowest BCUT2D eigenvalue weighted by molar-refractivity contribution is 0.187. The van der Waals surface area contributed by atoms with Crippen LogP contribution in [0.15, 0.2) is 29.6 Å². The Balaban J connectivity index is 1.88. The summed E-state index contributed by atoms with van der Waals surface area (Å²) in [4.78, 5) is 15.9. The van der Waals surface area contributed by atoms with Crippen LogP contribution in [0.1, 0.15) is 11.9 Å². The minimum absolute atomic E-state index is 0.222. The molecule has 7 heteroatoms. The molecule has 2 aromatic rings. The van der Waals surface area contributed by atoms with Crippen molar-refractivity contribution < 1.29 is 9.90 Å². The van der Waals surface area contributed by atoms with Crippen LogP contribution in [0.2, 0.25) is 5.02 Å². The highest BCUT2D eigenvalue weighted by Crippen LogP contribution is 2.23. The fraction of sp³-hybridized carbons (Fsp3) is 0.286. The van der Waals surface area contributed by atoms with Crippen molar-refractivity contribution >= 4 is 29.0 Å². The van der Waals surface area contributed by atoms with Gasteiger partial charge in [-0.15, -0.1) is 11.3 Å². The molecule has 5 nitrogen and oxygen atoms in total. The summed E-state index contributed by atoms with van der Waals surface area (Å²) in [6.45, 7) is 2.18. The number of aliphatic hydroxyl groups excluding tert-OH is 1. The number of aliphatic hydroxyl groups is 1. The minimum Gasteiger partial charge on any atom is -0.392 e. The molecule has 112 valence electrons. The SMILES string of the molecule is CC(O)CNC(=O)NCc1nc(-c2ccc(Cl)cc2)cs1. The number of nitrogens with one attached hydrogen (secondary N) is 2. The lowest BCUT2D eigenvalue weighted by Crippen LogP contribution is -2.38. The molecule has 1 aromatic heterocycles. The Kier molecular flexibility index (Phi) is 5.55. The molecule has 1 unspecified atom stereocenters. The first-order chi connectivity index (χ1) is 10.0. The van der Waals surface area contributed by atoms with Crippen LogP contribution in [-0.4, -0.2) is 28.8 Å². The summed E-state index contributed by atoms with van der Waals surface area (Å²) in [5.41, 5.74) is 1.85. The molecule has 1 atom stereocenters. The summed E-state index contributed by atoms with van der Waals surface area (Å²) < 4.78 is 0. The molecule has 1 heterocycles. The summed E-state index contributed by atoms with van der Waals surface area (Å²) in [7, 11) is 0. The van der Waals surface area contributed by atoms with Crippen molar-refractivity contribution in [1.82, 2.24) is 15.6 Å². The van der Waals surface area contributed by atoms with E-state index in [1.165, 1.54) is 11.3 Å². The van der Waals surface area contributed by atoms with Gasteiger partial charge in [0.15, 0.2) is 0 Å². The molecule has 21 heavy (non-hydrogen) atoms. The van der Waals surface area contributed by atoms with Gasteiger partial charge in [-0.3, -0.25) is 0 Å². The van der Waals surface area contributed by atoms with Gasteiger partial charge in [0.2, 0.25) is 0 Å². The van der Waals surface area contributed by atoms with Crippen LogP contribution < -0.4 is 10.6 Å². The van der Waals surface area contributed by atoms with Gasteiger partial charge in [0.05, 0.1) is 18.3 Å². The van der Waals surface area contributed by atoms with Crippen LogP contribution in [0.5, 0.6) is 0 Å². The van der Waals surface area contributed by atoms with Crippen LogP contribution in [-0.2, 0) is 6.54 Å². The Bertz CT molecular complexity index is 599. The molecule has 0 aliphatic heterocycles. The van der Waals surface area contributed by atoms with Crippen molar-refractivity contribution in [2.75, 3.05) is 6.54 Å². The van der Waals surface area contributed by atoms with Gasteiger partial charge in [-0.1, -0.05) is 23.7 Å². The number of urea groups is 1. The highest BCUT2D eigenvalue weighted by molar-refractivity contribution is 7.09. The molecular weight excluding hydrogens is 310 g/mol. The highest BCUT2D eigenvalue weighted by Gasteiger charge is 2.07. The maximum atomic E-state index is 11.5. The number of carbonyl (C=O) groups excluding carboxylic acids is 1. The van der Waals surface area contributed by atoms with Gasteiger partial charge in [0, 0.05) is 22.5 Å². The zero-order chi connectivity index (χ0) is 15.2. The van der Waals surface area contributed by atoms with Crippen LogP contribution in [0.3, 0.4) is 0 Å². The van der Waals surface area contributed by atoms with Gasteiger partial charge in [0.25, 0.3) is 0 Å². The van der Waals surface area contributed by atoms with E-state index in [0.717, 1.165) is 16.3 Å². The van der Waals surface area contributed by atoms with E-state index < -0.39 is 6.10 Å². The third-order valence-corrected chi connectivity index (χ3v) is 3.75. The summed E-state index contributed by atoms with van der Waals surface area (Å²) >= 11 is 7.33. The predicted octanol–water partition coefficient (Wildman–Crippen LogP) is 2.64. The average molecular weight is 326 g/mol. The second kappa shape index (κ2) is 7.40. The monoisotopic (exact) mass is 325 g/mol. The molecule has 2 amide bonds. The van der Waals surface area contributed by atoms with Crippen LogP contribution in [0.25, 0.3) is 11.3 Å². The largest absolute Gasteiger partial charge is 0.392 e. The van der Waals surface area contributed by atoms with Crippen LogP contribution in [0, 0.1) is 0 Å². The quantitative estimate of drug-likeness (QED) is 0.791. The molecule has 0 saturated carbocycles. The molecule has 1 aromatic carbocycles. The normalized spacial score (nSPS) is 12.0. The molecule has 0 fully saturated rings. The number of halogens is 1. The number of hydrogen-bond acceptors (Lipinski definition) is 4. The molecule has 0 spiro atoms. The van der Waals surface area contributed by atoms with E-state index in [9.17, 15) is 4.79 Å². The number of hydrogen-bond donors (Lipinski definition) is 3. The molecule has 0 bridgehead atoms. The van der Waals surface area contributed by atoms with E-state index in [0.29, 0.717) is 11.6 Å². The number of nitrogens with zero attached hydrogens (tertiary/aromatic N) is 1. The van der Waals surface area contributed by atoms with E-state index in [4.69, 9.17) is 16.7 Å². The molecule has 0 radical (unpaired) electrons. The third-order valence-electron chi connectivity index (χ3n) is 2.65. The first kappa shape index (κ1) is 15.8. The Morgan fingerprint density at radius 1 is 1.38 bits per heavy atom. The molecule has 0 aliphatic carbocycles. The summed E-state index contributed by atoms with van der Waals surface area (Å²) in [6, 6.07) is 7.13. The summed E-state index contributed by atoms with van der Waals surface area (Å²) in [5.74, 6) is 0. The Hall–Kier alpha value is -1.63. The first-order valence-corrected chi connectivity index (χ1v) is 7.70. The molecule has 0 aliphatic rings. The number of amides is 2. The summed E-state index contributed by atoms with van der Waals surface area (Å²) in [6.07, 6.45) is -0.563.